The van der Waals surface area contributed by atoms with Crippen LogP contribution in [0.5, 0.6) is 11.6 Å². The zero-order valence-electron chi connectivity index (χ0n) is 8.45. The van der Waals surface area contributed by atoms with Gasteiger partial charge in [-0.25, -0.2) is 0 Å². The van der Waals surface area contributed by atoms with E-state index in [2.05, 4.69) is 5.10 Å². The van der Waals surface area contributed by atoms with Crippen molar-refractivity contribution in [2.45, 2.75) is 0 Å². The first-order valence-electron chi connectivity index (χ1n) is 4.48. The Labute approximate surface area is 96.4 Å². The summed E-state index contributed by atoms with van der Waals surface area (Å²) in [4.78, 5) is 0. The summed E-state index contributed by atoms with van der Waals surface area (Å²) in [7, 11) is 1.60. The third kappa shape index (κ3) is 2.09. The van der Waals surface area contributed by atoms with Crippen molar-refractivity contribution in [3.8, 4) is 11.6 Å². The average molecular weight is 242 g/mol. The zero-order chi connectivity index (χ0) is 11.7. The van der Waals surface area contributed by atoms with Crippen LogP contribution in [0.25, 0.3) is 0 Å². The van der Waals surface area contributed by atoms with Gasteiger partial charge in [-0.1, -0.05) is 11.6 Å². The molecule has 2 N–H and O–H groups in total. The van der Waals surface area contributed by atoms with Crippen molar-refractivity contribution in [1.82, 2.24) is 9.78 Å². The second-order valence-corrected chi connectivity index (χ2v) is 3.65. The Kier molecular flexibility index (Phi) is 2.70. The number of anilines is 1. The van der Waals surface area contributed by atoms with Gasteiger partial charge in [0, 0.05) is 13.1 Å². The summed E-state index contributed by atoms with van der Waals surface area (Å²) in [6, 6.07) is 4.68. The van der Waals surface area contributed by atoms with Crippen molar-refractivity contribution in [3.05, 3.63) is 35.2 Å². The summed E-state index contributed by atoms with van der Waals surface area (Å²) in [6.45, 7) is 0. The van der Waals surface area contributed by atoms with Crippen molar-refractivity contribution < 1.29 is 9.13 Å². The highest BCUT2D eigenvalue weighted by molar-refractivity contribution is 6.33. The van der Waals surface area contributed by atoms with Crippen molar-refractivity contribution in [1.29, 1.82) is 0 Å². The predicted octanol–water partition coefficient (Wildman–Crippen LogP) is 2.59. The molecule has 1 aromatic carbocycles. The highest BCUT2D eigenvalue weighted by Gasteiger charge is 2.10. The van der Waals surface area contributed by atoms with Gasteiger partial charge in [-0.15, -0.1) is 5.10 Å². The summed E-state index contributed by atoms with van der Waals surface area (Å²) in [5, 5.41) is 4.16. The van der Waals surface area contributed by atoms with Crippen LogP contribution in [-0.4, -0.2) is 9.78 Å². The van der Waals surface area contributed by atoms with Gasteiger partial charge >= 0.3 is 0 Å². The summed E-state index contributed by atoms with van der Waals surface area (Å²) in [5.41, 5.74) is 5.98. The summed E-state index contributed by atoms with van der Waals surface area (Å²) < 4.78 is 19.8. The Bertz CT molecular complexity index is 527. The second-order valence-electron chi connectivity index (χ2n) is 3.24. The second kappa shape index (κ2) is 4.02. The minimum Gasteiger partial charge on any atom is -0.435 e. The van der Waals surface area contributed by atoms with E-state index in [0.29, 0.717) is 16.5 Å². The minimum atomic E-state index is -0.532. The molecule has 84 valence electrons. The van der Waals surface area contributed by atoms with Crippen LogP contribution in [0.2, 0.25) is 5.02 Å². The van der Waals surface area contributed by atoms with E-state index in [0.717, 1.165) is 0 Å². The molecule has 1 aromatic heterocycles. The molecule has 1 heterocycles. The molecule has 0 aliphatic rings. The predicted molar refractivity (Wildman–Crippen MR) is 59.1 cm³/mol. The topological polar surface area (TPSA) is 53.1 Å². The van der Waals surface area contributed by atoms with Gasteiger partial charge in [0.2, 0.25) is 5.82 Å². The van der Waals surface area contributed by atoms with Gasteiger partial charge in [-0.2, -0.15) is 4.39 Å². The average Bonchev–Trinajstić information content (AvgIpc) is 2.51. The SMILES string of the molecule is Cn1cc(F)c(Oc2ccc(N)c(Cl)c2)n1. The number of hydrogen-bond donors (Lipinski definition) is 1. The van der Waals surface area contributed by atoms with Crippen LogP contribution in [0.4, 0.5) is 10.1 Å². The Balaban J connectivity index is 2.27. The zero-order valence-corrected chi connectivity index (χ0v) is 9.20. The van der Waals surface area contributed by atoms with Gasteiger partial charge < -0.3 is 10.5 Å². The molecule has 0 fully saturated rings. The maximum atomic E-state index is 13.2. The first kappa shape index (κ1) is 10.8. The molecule has 0 atom stereocenters. The van der Waals surface area contributed by atoms with E-state index in [1.807, 2.05) is 0 Å². The van der Waals surface area contributed by atoms with Gasteiger partial charge in [-0.05, 0) is 12.1 Å². The largest absolute Gasteiger partial charge is 0.435 e. The monoisotopic (exact) mass is 241 g/mol. The van der Waals surface area contributed by atoms with Gasteiger partial charge in [-0.3, -0.25) is 4.68 Å². The lowest BCUT2D eigenvalue weighted by molar-refractivity contribution is 0.424. The molecular formula is C10H9ClFN3O. The number of benzene rings is 1. The first-order chi connectivity index (χ1) is 7.56. The molecular weight excluding hydrogens is 233 g/mol. The van der Waals surface area contributed by atoms with Crippen LogP contribution in [0.1, 0.15) is 0 Å². The fraction of sp³-hybridized carbons (Fsp3) is 0.100. The Morgan fingerprint density at radius 1 is 1.50 bits per heavy atom. The number of nitrogens with zero attached hydrogens (tertiary/aromatic N) is 2. The standard InChI is InChI=1S/C10H9ClFN3O/c1-15-5-8(12)10(14-15)16-6-2-3-9(13)7(11)4-6/h2-5H,13H2,1H3. The molecule has 16 heavy (non-hydrogen) atoms. The fourth-order valence-electron chi connectivity index (χ4n) is 1.19. The molecule has 0 amide bonds. The van der Waals surface area contributed by atoms with Crippen LogP contribution in [0.15, 0.2) is 24.4 Å². The Morgan fingerprint density at radius 2 is 2.25 bits per heavy atom. The van der Waals surface area contributed by atoms with Crippen molar-refractivity contribution in [3.63, 3.8) is 0 Å². The minimum absolute atomic E-state index is 0.0941. The summed E-state index contributed by atoms with van der Waals surface area (Å²) in [5.74, 6) is -0.240. The number of rotatable bonds is 2. The maximum Gasteiger partial charge on any atom is 0.274 e. The van der Waals surface area contributed by atoms with E-state index in [1.165, 1.54) is 16.9 Å². The smallest absolute Gasteiger partial charge is 0.274 e. The van der Waals surface area contributed by atoms with Gasteiger partial charge in [0.1, 0.15) is 5.75 Å². The lowest BCUT2D eigenvalue weighted by Gasteiger charge is -2.04. The molecule has 0 bridgehead atoms. The van der Waals surface area contributed by atoms with Gasteiger partial charge in [0.25, 0.3) is 5.88 Å². The van der Waals surface area contributed by atoms with Crippen LogP contribution in [-0.2, 0) is 7.05 Å². The number of nitrogens with two attached hydrogens (primary N) is 1. The normalized spacial score (nSPS) is 10.4. The fourth-order valence-corrected chi connectivity index (χ4v) is 1.36. The van der Waals surface area contributed by atoms with Gasteiger partial charge in [0.15, 0.2) is 0 Å². The van der Waals surface area contributed by atoms with E-state index < -0.39 is 5.82 Å². The van der Waals surface area contributed by atoms with E-state index in [4.69, 9.17) is 22.1 Å². The maximum absolute atomic E-state index is 13.2. The van der Waals surface area contributed by atoms with Gasteiger partial charge in [0.05, 0.1) is 16.9 Å². The van der Waals surface area contributed by atoms with E-state index in [-0.39, 0.29) is 5.88 Å². The van der Waals surface area contributed by atoms with Crippen LogP contribution < -0.4 is 10.5 Å². The Hall–Kier alpha value is -1.75. The molecule has 0 unspecified atom stereocenters. The number of ether oxygens (including phenoxy) is 1. The number of nitrogen functional groups attached to an aromatic ring is 1. The quantitative estimate of drug-likeness (QED) is 0.823. The molecule has 0 aliphatic heterocycles. The van der Waals surface area contributed by atoms with Crippen LogP contribution in [0, 0.1) is 5.82 Å². The molecule has 6 heteroatoms. The van der Waals surface area contributed by atoms with Crippen LogP contribution >= 0.6 is 11.6 Å². The summed E-state index contributed by atoms with van der Waals surface area (Å²) >= 11 is 5.80. The van der Waals surface area contributed by atoms with Crippen molar-refractivity contribution >= 4 is 17.3 Å². The van der Waals surface area contributed by atoms with Crippen LogP contribution in [0.3, 0.4) is 0 Å². The lowest BCUT2D eigenvalue weighted by Crippen LogP contribution is -1.91. The third-order valence-electron chi connectivity index (χ3n) is 1.94. The number of aryl methyl sites for hydroxylation is 1. The molecule has 4 nitrogen and oxygen atoms in total. The highest BCUT2D eigenvalue weighted by Crippen LogP contribution is 2.28. The van der Waals surface area contributed by atoms with E-state index >= 15 is 0 Å². The molecule has 2 aromatic rings. The van der Waals surface area contributed by atoms with E-state index in [1.54, 1.807) is 19.2 Å². The molecule has 0 saturated heterocycles. The summed E-state index contributed by atoms with van der Waals surface area (Å²) in [6.07, 6.45) is 1.22. The molecule has 0 aliphatic carbocycles. The number of hydrogen-bond acceptors (Lipinski definition) is 3. The number of halogens is 2. The molecule has 0 spiro atoms. The molecule has 0 saturated carbocycles. The number of aromatic nitrogens is 2. The highest BCUT2D eigenvalue weighted by atomic mass is 35.5. The Morgan fingerprint density at radius 3 is 2.81 bits per heavy atom. The van der Waals surface area contributed by atoms with Crippen molar-refractivity contribution in [2.24, 2.45) is 7.05 Å². The van der Waals surface area contributed by atoms with E-state index in [9.17, 15) is 4.39 Å². The molecule has 2 rings (SSSR count). The lowest BCUT2D eigenvalue weighted by atomic mass is 10.3. The first-order valence-corrected chi connectivity index (χ1v) is 4.86. The van der Waals surface area contributed by atoms with Crippen molar-refractivity contribution in [2.75, 3.05) is 5.73 Å². The molecule has 0 radical (unpaired) electrons. The third-order valence-corrected chi connectivity index (χ3v) is 2.27.